The second kappa shape index (κ2) is 6.51. The number of carbonyl (C=O) groups is 1. The van der Waals surface area contributed by atoms with Gasteiger partial charge in [-0.15, -0.1) is 0 Å². The minimum atomic E-state index is -0.332. The summed E-state index contributed by atoms with van der Waals surface area (Å²) in [6.45, 7) is 9.89. The molecule has 146 valence electrons. The summed E-state index contributed by atoms with van der Waals surface area (Å²) < 4.78 is 10.7. The van der Waals surface area contributed by atoms with Gasteiger partial charge in [-0.3, -0.25) is 0 Å². The Hall–Kier alpha value is -2.55. The van der Waals surface area contributed by atoms with E-state index >= 15 is 0 Å². The van der Waals surface area contributed by atoms with Gasteiger partial charge in [0.25, 0.3) is 0 Å². The molecule has 0 fully saturated rings. The zero-order valence-corrected chi connectivity index (χ0v) is 17.4. The first kappa shape index (κ1) is 18.8. The largest absolute Gasteiger partial charge is 0.489 e. The first-order valence-electron chi connectivity index (χ1n) is 9.94. The average Bonchev–Trinajstić information content (AvgIpc) is 2.70. The molecule has 1 heterocycles. The van der Waals surface area contributed by atoms with Gasteiger partial charge >= 0.3 is 5.97 Å². The van der Waals surface area contributed by atoms with Crippen molar-refractivity contribution in [3.63, 3.8) is 0 Å². The van der Waals surface area contributed by atoms with Crippen molar-refractivity contribution in [2.24, 2.45) is 0 Å². The van der Waals surface area contributed by atoms with Crippen molar-refractivity contribution in [1.29, 1.82) is 0 Å². The summed E-state index contributed by atoms with van der Waals surface area (Å²) in [6.07, 6.45) is 4.49. The van der Waals surface area contributed by atoms with Gasteiger partial charge in [-0.25, -0.2) is 4.79 Å². The van der Waals surface area contributed by atoms with Gasteiger partial charge in [-0.1, -0.05) is 45.9 Å². The third-order valence-electron chi connectivity index (χ3n) is 6.38. The van der Waals surface area contributed by atoms with E-state index in [2.05, 4.69) is 52.0 Å². The molecule has 4 rings (SSSR count). The Morgan fingerprint density at radius 2 is 1.68 bits per heavy atom. The molecule has 2 aliphatic rings. The number of esters is 1. The van der Waals surface area contributed by atoms with E-state index < -0.39 is 0 Å². The smallest absolute Gasteiger partial charge is 0.337 e. The summed E-state index contributed by atoms with van der Waals surface area (Å²) in [5, 5.41) is 0. The molecule has 28 heavy (non-hydrogen) atoms. The quantitative estimate of drug-likeness (QED) is 0.636. The van der Waals surface area contributed by atoms with Crippen LogP contribution in [0.3, 0.4) is 0 Å². The minimum absolute atomic E-state index is 0.156. The molecule has 2 aromatic carbocycles. The predicted molar refractivity (Wildman–Crippen MR) is 112 cm³/mol. The van der Waals surface area contributed by atoms with Gasteiger partial charge in [0.1, 0.15) is 12.4 Å². The van der Waals surface area contributed by atoms with E-state index in [1.165, 1.54) is 36.6 Å². The SMILES string of the molecule is COC(=O)c1ccc2c(c1)C(c1ccc3c(c1)C(C)(C)CCC3(C)C)=CCO2. The molecule has 0 N–H and O–H groups in total. The molecule has 1 aliphatic carbocycles. The normalized spacial score (nSPS) is 19.0. The highest BCUT2D eigenvalue weighted by Gasteiger charge is 2.37. The lowest BCUT2D eigenvalue weighted by Gasteiger charge is -2.42. The van der Waals surface area contributed by atoms with Crippen LogP contribution in [0, 0.1) is 0 Å². The zero-order chi connectivity index (χ0) is 20.1. The number of hydrogen-bond donors (Lipinski definition) is 0. The van der Waals surface area contributed by atoms with Crippen LogP contribution in [0.1, 0.15) is 73.1 Å². The first-order chi connectivity index (χ1) is 13.2. The number of benzene rings is 2. The molecule has 3 nitrogen and oxygen atoms in total. The highest BCUT2D eigenvalue weighted by Crippen LogP contribution is 2.47. The van der Waals surface area contributed by atoms with Crippen molar-refractivity contribution in [3.8, 4) is 5.75 Å². The average molecular weight is 376 g/mol. The van der Waals surface area contributed by atoms with Gasteiger partial charge in [0.05, 0.1) is 12.7 Å². The van der Waals surface area contributed by atoms with Crippen molar-refractivity contribution in [1.82, 2.24) is 0 Å². The maximum absolute atomic E-state index is 12.0. The van der Waals surface area contributed by atoms with Crippen LogP contribution in [0.15, 0.2) is 42.5 Å². The molecular weight excluding hydrogens is 348 g/mol. The molecule has 0 amide bonds. The molecule has 3 heteroatoms. The van der Waals surface area contributed by atoms with Crippen LogP contribution < -0.4 is 4.74 Å². The molecular formula is C25H28O3. The third-order valence-corrected chi connectivity index (χ3v) is 6.38. The second-order valence-electron chi connectivity index (χ2n) is 9.16. The van der Waals surface area contributed by atoms with Gasteiger partial charge in [0.15, 0.2) is 0 Å². The van der Waals surface area contributed by atoms with Crippen molar-refractivity contribution in [2.75, 3.05) is 13.7 Å². The fourth-order valence-electron chi connectivity index (χ4n) is 4.47. The lowest BCUT2D eigenvalue weighted by Crippen LogP contribution is -2.33. The van der Waals surface area contributed by atoms with E-state index in [-0.39, 0.29) is 16.8 Å². The van der Waals surface area contributed by atoms with E-state index in [0.717, 1.165) is 16.9 Å². The summed E-state index contributed by atoms with van der Waals surface area (Å²) in [5.74, 6) is 0.475. The van der Waals surface area contributed by atoms with Crippen molar-refractivity contribution >= 4 is 11.5 Å². The highest BCUT2D eigenvalue weighted by molar-refractivity contribution is 5.93. The van der Waals surface area contributed by atoms with Gasteiger partial charge < -0.3 is 9.47 Å². The first-order valence-corrected chi connectivity index (χ1v) is 9.94. The number of fused-ring (bicyclic) bond motifs is 2. The predicted octanol–water partition coefficient (Wildman–Crippen LogP) is 5.65. The van der Waals surface area contributed by atoms with Crippen LogP contribution in [-0.4, -0.2) is 19.7 Å². The molecule has 0 saturated heterocycles. The number of ether oxygens (including phenoxy) is 2. The van der Waals surface area contributed by atoms with E-state index in [1.807, 2.05) is 12.1 Å². The number of carbonyl (C=O) groups excluding carboxylic acids is 1. The van der Waals surface area contributed by atoms with Crippen molar-refractivity contribution in [2.45, 2.75) is 51.4 Å². The van der Waals surface area contributed by atoms with Crippen LogP contribution in [0.25, 0.3) is 5.57 Å². The van der Waals surface area contributed by atoms with Gasteiger partial charge in [0.2, 0.25) is 0 Å². The maximum Gasteiger partial charge on any atom is 0.337 e. The summed E-state index contributed by atoms with van der Waals surface area (Å²) in [6, 6.07) is 12.4. The van der Waals surface area contributed by atoms with E-state index in [0.29, 0.717) is 12.2 Å². The van der Waals surface area contributed by atoms with Gasteiger partial charge in [-0.2, -0.15) is 0 Å². The summed E-state index contributed by atoms with van der Waals surface area (Å²) in [4.78, 5) is 12.0. The standard InChI is InChI=1S/C25H28O3/c1-24(2)11-12-25(3,4)21-15-16(6-8-20(21)24)18-10-13-28-22-9-7-17(14-19(18)22)23(26)27-5/h6-10,14-15H,11-13H2,1-5H3. The van der Waals surface area contributed by atoms with Crippen LogP contribution in [0.5, 0.6) is 5.75 Å². The lowest BCUT2D eigenvalue weighted by atomic mass is 9.63. The highest BCUT2D eigenvalue weighted by atomic mass is 16.5. The Balaban J connectivity index is 1.84. The zero-order valence-electron chi connectivity index (χ0n) is 17.4. The van der Waals surface area contributed by atoms with Crippen LogP contribution in [0.4, 0.5) is 0 Å². The van der Waals surface area contributed by atoms with E-state index in [1.54, 1.807) is 6.07 Å². The Morgan fingerprint density at radius 1 is 0.964 bits per heavy atom. The Kier molecular flexibility index (Phi) is 4.37. The lowest BCUT2D eigenvalue weighted by molar-refractivity contribution is 0.0600. The second-order valence-corrected chi connectivity index (χ2v) is 9.16. The molecule has 0 radical (unpaired) electrons. The maximum atomic E-state index is 12.0. The number of hydrogen-bond acceptors (Lipinski definition) is 3. The Labute approximate surface area is 167 Å². The number of rotatable bonds is 2. The molecule has 0 unspecified atom stereocenters. The van der Waals surface area contributed by atoms with E-state index in [4.69, 9.17) is 9.47 Å². The van der Waals surface area contributed by atoms with Crippen molar-refractivity contribution in [3.05, 3.63) is 70.3 Å². The summed E-state index contributed by atoms with van der Waals surface area (Å²) in [5.41, 5.74) is 7.01. The Morgan fingerprint density at radius 3 is 2.39 bits per heavy atom. The van der Waals surface area contributed by atoms with Gasteiger partial charge in [-0.05, 0) is 70.2 Å². The molecule has 0 atom stereocenters. The minimum Gasteiger partial charge on any atom is -0.489 e. The van der Waals surface area contributed by atoms with E-state index in [9.17, 15) is 4.79 Å². The molecule has 1 aliphatic heterocycles. The summed E-state index contributed by atoms with van der Waals surface area (Å²) >= 11 is 0. The van der Waals surface area contributed by atoms with Gasteiger partial charge in [0, 0.05) is 5.56 Å². The molecule has 0 aromatic heterocycles. The van der Waals surface area contributed by atoms with Crippen LogP contribution in [0.2, 0.25) is 0 Å². The van der Waals surface area contributed by atoms with Crippen molar-refractivity contribution < 1.29 is 14.3 Å². The molecule has 0 spiro atoms. The topological polar surface area (TPSA) is 35.5 Å². The van der Waals surface area contributed by atoms with Crippen LogP contribution >= 0.6 is 0 Å². The third kappa shape index (κ3) is 3.03. The number of methoxy groups -OCH3 is 1. The monoisotopic (exact) mass is 376 g/mol. The summed E-state index contributed by atoms with van der Waals surface area (Å²) in [7, 11) is 1.41. The van der Waals surface area contributed by atoms with Crippen LogP contribution in [-0.2, 0) is 15.6 Å². The molecule has 0 bridgehead atoms. The molecule has 2 aromatic rings. The fraction of sp³-hybridized carbons (Fsp3) is 0.400. The Bertz CT molecular complexity index is 979. The fourth-order valence-corrected chi connectivity index (χ4v) is 4.47. The molecule has 0 saturated carbocycles.